The van der Waals surface area contributed by atoms with E-state index in [1.54, 1.807) is 22.8 Å². The minimum Gasteiger partial charge on any atom is -0.476 e. The molecule has 0 radical (unpaired) electrons. The molecule has 1 saturated heterocycles. The predicted octanol–water partition coefficient (Wildman–Crippen LogP) is 4.02. The van der Waals surface area contributed by atoms with Crippen molar-refractivity contribution in [3.05, 3.63) is 42.6 Å². The van der Waals surface area contributed by atoms with Crippen molar-refractivity contribution in [2.45, 2.75) is 19.2 Å². The molecule has 1 fully saturated rings. The molecule has 1 aliphatic heterocycles. The number of rotatable bonds is 5. The first kappa shape index (κ1) is 19.5. The van der Waals surface area contributed by atoms with Crippen LogP contribution in [0.15, 0.2) is 42.6 Å². The van der Waals surface area contributed by atoms with Crippen molar-refractivity contribution in [3.8, 4) is 22.9 Å². The largest absolute Gasteiger partial charge is 0.573 e. The van der Waals surface area contributed by atoms with E-state index in [0.717, 1.165) is 25.9 Å². The number of fused-ring (bicyclic) bond motifs is 1. The maximum atomic E-state index is 12.3. The van der Waals surface area contributed by atoms with Crippen LogP contribution in [-0.4, -0.2) is 52.6 Å². The second-order valence-corrected chi connectivity index (χ2v) is 7.24. The summed E-state index contributed by atoms with van der Waals surface area (Å²) in [5.41, 5.74) is 1.95. The van der Waals surface area contributed by atoms with Gasteiger partial charge in [-0.2, -0.15) is 0 Å². The molecule has 1 atom stereocenters. The van der Waals surface area contributed by atoms with Crippen molar-refractivity contribution in [1.82, 2.24) is 19.5 Å². The summed E-state index contributed by atoms with van der Waals surface area (Å²) >= 11 is 0. The number of alkyl halides is 3. The molecule has 0 bridgehead atoms. The summed E-state index contributed by atoms with van der Waals surface area (Å²) in [4.78, 5) is 6.60. The third kappa shape index (κ3) is 4.79. The van der Waals surface area contributed by atoms with Gasteiger partial charge in [-0.15, -0.1) is 18.3 Å². The van der Waals surface area contributed by atoms with Crippen LogP contribution in [0.4, 0.5) is 13.2 Å². The molecule has 0 spiro atoms. The standard InChI is InChI=1S/C20H21F3N4O2/c1-26-10-2-3-14(12-26)13-28-19-9-8-18-24-11-17(27(18)25-19)15-4-6-16(7-5-15)29-20(21,22)23/h4-9,11,14H,2-3,10,12-13H2,1H3. The van der Waals surface area contributed by atoms with Gasteiger partial charge in [0.2, 0.25) is 5.88 Å². The van der Waals surface area contributed by atoms with Crippen LogP contribution in [0.2, 0.25) is 0 Å². The average molecular weight is 406 g/mol. The third-order valence-corrected chi connectivity index (χ3v) is 4.91. The van der Waals surface area contributed by atoms with Crippen molar-refractivity contribution in [3.63, 3.8) is 0 Å². The van der Waals surface area contributed by atoms with Gasteiger partial charge in [-0.1, -0.05) is 0 Å². The highest BCUT2D eigenvalue weighted by Crippen LogP contribution is 2.27. The van der Waals surface area contributed by atoms with Crippen LogP contribution in [0, 0.1) is 5.92 Å². The molecule has 3 heterocycles. The highest BCUT2D eigenvalue weighted by atomic mass is 19.4. The first-order valence-corrected chi connectivity index (χ1v) is 9.40. The van der Waals surface area contributed by atoms with E-state index < -0.39 is 6.36 Å². The molecule has 6 nitrogen and oxygen atoms in total. The Morgan fingerprint density at radius 1 is 1.14 bits per heavy atom. The van der Waals surface area contributed by atoms with Gasteiger partial charge in [-0.3, -0.25) is 0 Å². The van der Waals surface area contributed by atoms with Gasteiger partial charge in [0.05, 0.1) is 18.5 Å². The van der Waals surface area contributed by atoms with Crippen LogP contribution < -0.4 is 9.47 Å². The zero-order chi connectivity index (χ0) is 20.4. The molecule has 1 aromatic carbocycles. The molecule has 29 heavy (non-hydrogen) atoms. The van der Waals surface area contributed by atoms with Crippen LogP contribution in [-0.2, 0) is 0 Å². The van der Waals surface area contributed by atoms with E-state index >= 15 is 0 Å². The first-order chi connectivity index (χ1) is 13.9. The molecular weight excluding hydrogens is 385 g/mol. The minimum absolute atomic E-state index is 0.274. The molecular formula is C20H21F3N4O2. The fourth-order valence-corrected chi connectivity index (χ4v) is 3.57. The Balaban J connectivity index is 1.51. The Kier molecular flexibility index (Phi) is 5.31. The Labute approximate surface area is 165 Å². The van der Waals surface area contributed by atoms with Gasteiger partial charge >= 0.3 is 6.36 Å². The van der Waals surface area contributed by atoms with Gasteiger partial charge < -0.3 is 14.4 Å². The molecule has 0 amide bonds. The predicted molar refractivity (Wildman–Crippen MR) is 101 cm³/mol. The first-order valence-electron chi connectivity index (χ1n) is 9.40. The summed E-state index contributed by atoms with van der Waals surface area (Å²) in [5.74, 6) is 0.682. The van der Waals surface area contributed by atoms with Crippen molar-refractivity contribution < 1.29 is 22.6 Å². The molecule has 0 N–H and O–H groups in total. The van der Waals surface area contributed by atoms with E-state index in [0.29, 0.717) is 35.3 Å². The Morgan fingerprint density at radius 3 is 2.66 bits per heavy atom. The van der Waals surface area contributed by atoms with Crippen molar-refractivity contribution in [2.24, 2.45) is 5.92 Å². The third-order valence-electron chi connectivity index (χ3n) is 4.91. The lowest BCUT2D eigenvalue weighted by atomic mass is 10.00. The lowest BCUT2D eigenvalue weighted by Gasteiger charge is -2.29. The number of halogens is 3. The van der Waals surface area contributed by atoms with Gasteiger partial charge in [-0.25, -0.2) is 9.50 Å². The Hall–Kier alpha value is -2.81. The summed E-state index contributed by atoms with van der Waals surface area (Å²) in [6, 6.07) is 9.19. The topological polar surface area (TPSA) is 51.9 Å². The van der Waals surface area contributed by atoms with Crippen molar-refractivity contribution in [1.29, 1.82) is 0 Å². The van der Waals surface area contributed by atoms with Crippen LogP contribution in [0.5, 0.6) is 11.6 Å². The lowest BCUT2D eigenvalue weighted by molar-refractivity contribution is -0.274. The number of hydrogen-bond donors (Lipinski definition) is 0. The quantitative estimate of drug-likeness (QED) is 0.641. The maximum Gasteiger partial charge on any atom is 0.573 e. The Morgan fingerprint density at radius 2 is 1.93 bits per heavy atom. The fourth-order valence-electron chi connectivity index (χ4n) is 3.57. The molecule has 4 rings (SSSR count). The van der Waals surface area contributed by atoms with E-state index in [1.165, 1.54) is 24.3 Å². The fraction of sp³-hybridized carbons (Fsp3) is 0.400. The van der Waals surface area contributed by atoms with E-state index in [2.05, 4.69) is 26.8 Å². The van der Waals surface area contributed by atoms with E-state index in [9.17, 15) is 13.2 Å². The molecule has 2 aromatic heterocycles. The molecule has 1 unspecified atom stereocenters. The smallest absolute Gasteiger partial charge is 0.476 e. The Bertz CT molecular complexity index is 972. The summed E-state index contributed by atoms with van der Waals surface area (Å²) in [6.07, 6.45) is -0.792. The lowest BCUT2D eigenvalue weighted by Crippen LogP contribution is -2.34. The van der Waals surface area contributed by atoms with Crippen LogP contribution in [0.25, 0.3) is 16.9 Å². The zero-order valence-electron chi connectivity index (χ0n) is 15.9. The van der Waals surface area contributed by atoms with Gasteiger partial charge in [0.25, 0.3) is 0 Å². The molecule has 154 valence electrons. The number of benzene rings is 1. The van der Waals surface area contributed by atoms with Crippen molar-refractivity contribution >= 4 is 5.65 Å². The number of aromatic nitrogens is 3. The monoisotopic (exact) mass is 406 g/mol. The van der Waals surface area contributed by atoms with Crippen molar-refractivity contribution in [2.75, 3.05) is 26.7 Å². The molecule has 3 aromatic rings. The van der Waals surface area contributed by atoms with Crippen LogP contribution in [0.1, 0.15) is 12.8 Å². The van der Waals surface area contributed by atoms with Gasteiger partial charge in [0, 0.05) is 24.1 Å². The normalized spacial score (nSPS) is 18.1. The number of nitrogens with zero attached hydrogens (tertiary/aromatic N) is 4. The minimum atomic E-state index is -4.72. The summed E-state index contributed by atoms with van der Waals surface area (Å²) in [6.45, 7) is 2.72. The SMILES string of the molecule is CN1CCCC(COc2ccc3ncc(-c4ccc(OC(F)(F)F)cc4)n3n2)C1. The molecule has 0 saturated carbocycles. The molecule has 9 heteroatoms. The van der Waals surface area contributed by atoms with Gasteiger partial charge in [0.1, 0.15) is 5.75 Å². The van der Waals surface area contributed by atoms with E-state index in [-0.39, 0.29) is 5.75 Å². The van der Waals surface area contributed by atoms with Gasteiger partial charge in [0.15, 0.2) is 5.65 Å². The number of piperidine rings is 1. The zero-order valence-corrected chi connectivity index (χ0v) is 15.9. The number of hydrogen-bond acceptors (Lipinski definition) is 5. The van der Waals surface area contributed by atoms with E-state index in [1.807, 2.05) is 0 Å². The second-order valence-electron chi connectivity index (χ2n) is 7.24. The highest BCUT2D eigenvalue weighted by Gasteiger charge is 2.31. The molecule has 1 aliphatic rings. The van der Waals surface area contributed by atoms with Gasteiger partial charge in [-0.05, 0) is 56.8 Å². The maximum absolute atomic E-state index is 12.3. The van der Waals surface area contributed by atoms with E-state index in [4.69, 9.17) is 4.74 Å². The number of likely N-dealkylation sites (tertiary alicyclic amines) is 1. The summed E-state index contributed by atoms with van der Waals surface area (Å²) in [5, 5.41) is 4.50. The second kappa shape index (κ2) is 7.90. The molecule has 0 aliphatic carbocycles. The average Bonchev–Trinajstić information content (AvgIpc) is 3.09. The van der Waals surface area contributed by atoms with Crippen LogP contribution >= 0.6 is 0 Å². The number of ether oxygens (including phenoxy) is 2. The number of imidazole rings is 1. The van der Waals surface area contributed by atoms with Crippen LogP contribution in [0.3, 0.4) is 0 Å². The summed E-state index contributed by atoms with van der Waals surface area (Å²) in [7, 11) is 2.11. The highest BCUT2D eigenvalue weighted by molar-refractivity contribution is 5.63. The summed E-state index contributed by atoms with van der Waals surface area (Å²) < 4.78 is 48.4.